The summed E-state index contributed by atoms with van der Waals surface area (Å²) in [6, 6.07) is 6.72. The van der Waals surface area contributed by atoms with Crippen LogP contribution in [0.3, 0.4) is 0 Å². The quantitative estimate of drug-likeness (QED) is 0.691. The molecule has 2 N–H and O–H groups in total. The molecule has 5 heteroatoms. The number of carbonyl (C=O) groups is 1. The number of carbonyl (C=O) groups excluding carboxylic acids is 1. The highest BCUT2D eigenvalue weighted by Crippen LogP contribution is 2.28. The maximum Gasteiger partial charge on any atom is 0.356 e. The number of aromatic hydroxyl groups is 1. The average molecular weight is 256 g/mol. The number of rotatable bonds is 2. The van der Waals surface area contributed by atoms with Crippen LogP contribution in [0.25, 0.3) is 21.8 Å². The Kier molecular flexibility index (Phi) is 2.59. The zero-order valence-electron chi connectivity index (χ0n) is 10.3. The first-order valence-electron chi connectivity index (χ1n) is 5.96. The summed E-state index contributed by atoms with van der Waals surface area (Å²) in [5.74, 6) is -0.262. The third-order valence-corrected chi connectivity index (χ3v) is 2.95. The van der Waals surface area contributed by atoms with E-state index >= 15 is 0 Å². The number of phenols is 1. The third kappa shape index (κ3) is 1.89. The summed E-state index contributed by atoms with van der Waals surface area (Å²) in [5, 5.41) is 11.2. The number of ether oxygens (including phenoxy) is 1. The van der Waals surface area contributed by atoms with Crippen molar-refractivity contribution in [3.8, 4) is 5.75 Å². The molecule has 5 nitrogen and oxygen atoms in total. The van der Waals surface area contributed by atoms with Crippen LogP contribution < -0.4 is 0 Å². The van der Waals surface area contributed by atoms with Gasteiger partial charge in [-0.3, -0.25) is 0 Å². The zero-order chi connectivity index (χ0) is 13.4. The fraction of sp³-hybridized carbons (Fsp3) is 0.143. The highest BCUT2D eigenvalue weighted by Gasteiger charge is 2.12. The Hall–Kier alpha value is -2.56. The van der Waals surface area contributed by atoms with Crippen molar-refractivity contribution < 1.29 is 14.6 Å². The Morgan fingerprint density at radius 2 is 2.11 bits per heavy atom. The van der Waals surface area contributed by atoms with Gasteiger partial charge in [0, 0.05) is 16.3 Å². The van der Waals surface area contributed by atoms with Crippen molar-refractivity contribution in [3.05, 3.63) is 36.2 Å². The van der Waals surface area contributed by atoms with Gasteiger partial charge < -0.3 is 14.8 Å². The first kappa shape index (κ1) is 11.5. The molecule has 3 aromatic rings. The normalized spacial score (nSPS) is 11.0. The van der Waals surface area contributed by atoms with Gasteiger partial charge in [0.15, 0.2) is 0 Å². The lowest BCUT2D eigenvalue weighted by Crippen LogP contribution is -2.06. The molecular weight excluding hydrogens is 244 g/mol. The molecule has 2 aromatic heterocycles. The number of nitrogens with one attached hydrogen (secondary N) is 1. The van der Waals surface area contributed by atoms with Crippen LogP contribution in [0.4, 0.5) is 0 Å². The van der Waals surface area contributed by atoms with Gasteiger partial charge in [0.25, 0.3) is 0 Å². The number of pyridine rings is 1. The molecule has 2 heterocycles. The smallest absolute Gasteiger partial charge is 0.356 e. The molecular formula is C14H12N2O3. The van der Waals surface area contributed by atoms with Gasteiger partial charge in [-0.25, -0.2) is 9.78 Å². The van der Waals surface area contributed by atoms with E-state index in [-0.39, 0.29) is 11.4 Å². The largest absolute Gasteiger partial charge is 0.508 e. The topological polar surface area (TPSA) is 75.2 Å². The van der Waals surface area contributed by atoms with Crippen LogP contribution in [0, 0.1) is 0 Å². The number of hydrogen-bond donors (Lipinski definition) is 2. The molecule has 0 saturated carbocycles. The van der Waals surface area contributed by atoms with Crippen molar-refractivity contribution in [2.24, 2.45) is 0 Å². The van der Waals surface area contributed by atoms with Crippen molar-refractivity contribution in [3.63, 3.8) is 0 Å². The second-order valence-electron chi connectivity index (χ2n) is 4.19. The van der Waals surface area contributed by atoms with Crippen molar-refractivity contribution in [1.82, 2.24) is 9.97 Å². The van der Waals surface area contributed by atoms with Crippen LogP contribution in [0.5, 0.6) is 5.75 Å². The minimum absolute atomic E-state index is 0.183. The first-order chi connectivity index (χ1) is 9.19. The Morgan fingerprint density at radius 1 is 1.32 bits per heavy atom. The molecule has 0 atom stereocenters. The summed E-state index contributed by atoms with van der Waals surface area (Å²) in [6.45, 7) is 2.06. The summed E-state index contributed by atoms with van der Waals surface area (Å²) in [5.41, 5.74) is 1.96. The van der Waals surface area contributed by atoms with Gasteiger partial charge in [0.1, 0.15) is 11.4 Å². The van der Waals surface area contributed by atoms with Crippen LogP contribution in [-0.2, 0) is 4.74 Å². The van der Waals surface area contributed by atoms with Gasteiger partial charge in [0.05, 0.1) is 18.3 Å². The Labute approximate surface area is 108 Å². The van der Waals surface area contributed by atoms with E-state index < -0.39 is 5.97 Å². The summed E-state index contributed by atoms with van der Waals surface area (Å²) in [6.07, 6.45) is 1.60. The second kappa shape index (κ2) is 4.28. The Bertz CT molecular complexity index is 777. The van der Waals surface area contributed by atoms with E-state index in [9.17, 15) is 9.90 Å². The molecule has 3 rings (SSSR count). The molecule has 0 aliphatic rings. The van der Waals surface area contributed by atoms with Gasteiger partial charge in [-0.15, -0.1) is 0 Å². The molecule has 0 fully saturated rings. The lowest BCUT2D eigenvalue weighted by atomic mass is 10.1. The maximum absolute atomic E-state index is 11.7. The predicted octanol–water partition coefficient (Wildman–Crippen LogP) is 2.60. The molecule has 0 radical (unpaired) electrons. The number of esters is 1. The van der Waals surface area contributed by atoms with Crippen LogP contribution in [0.2, 0.25) is 0 Å². The number of hydrogen-bond acceptors (Lipinski definition) is 4. The highest BCUT2D eigenvalue weighted by molar-refractivity contribution is 6.09. The number of H-pyrrole nitrogens is 1. The summed E-state index contributed by atoms with van der Waals surface area (Å²) in [4.78, 5) is 18.9. The highest BCUT2D eigenvalue weighted by atomic mass is 16.5. The lowest BCUT2D eigenvalue weighted by Gasteiger charge is -2.00. The predicted molar refractivity (Wildman–Crippen MR) is 71.2 cm³/mol. The van der Waals surface area contributed by atoms with E-state index in [1.165, 1.54) is 0 Å². The molecule has 19 heavy (non-hydrogen) atoms. The van der Waals surface area contributed by atoms with Gasteiger partial charge in [-0.1, -0.05) is 0 Å². The van der Waals surface area contributed by atoms with E-state index in [4.69, 9.17) is 4.74 Å². The minimum Gasteiger partial charge on any atom is -0.508 e. The number of benzene rings is 1. The molecule has 0 aliphatic carbocycles. The van der Waals surface area contributed by atoms with Crippen molar-refractivity contribution in [2.45, 2.75) is 6.92 Å². The average Bonchev–Trinajstić information content (AvgIpc) is 2.76. The Morgan fingerprint density at radius 3 is 2.89 bits per heavy atom. The van der Waals surface area contributed by atoms with Gasteiger partial charge in [-0.2, -0.15) is 0 Å². The van der Waals surface area contributed by atoms with Gasteiger partial charge in [0.2, 0.25) is 0 Å². The first-order valence-corrected chi connectivity index (χ1v) is 5.96. The molecule has 96 valence electrons. The van der Waals surface area contributed by atoms with Crippen molar-refractivity contribution >= 4 is 27.8 Å². The van der Waals surface area contributed by atoms with Crippen LogP contribution in [0.1, 0.15) is 17.4 Å². The fourth-order valence-electron chi connectivity index (χ4n) is 2.10. The monoisotopic (exact) mass is 256 g/mol. The molecule has 1 aromatic carbocycles. The molecule has 0 amide bonds. The van der Waals surface area contributed by atoms with Crippen LogP contribution in [0.15, 0.2) is 30.5 Å². The molecule has 0 unspecified atom stereocenters. The van der Waals surface area contributed by atoms with E-state index in [2.05, 4.69) is 9.97 Å². The molecule has 0 spiro atoms. The van der Waals surface area contributed by atoms with Crippen molar-refractivity contribution in [2.75, 3.05) is 6.61 Å². The maximum atomic E-state index is 11.7. The molecule has 0 bridgehead atoms. The summed E-state index contributed by atoms with van der Waals surface area (Å²) < 4.78 is 4.93. The van der Waals surface area contributed by atoms with Gasteiger partial charge in [-0.05, 0) is 31.2 Å². The van der Waals surface area contributed by atoms with E-state index in [1.807, 2.05) is 0 Å². The Balaban J connectivity index is 2.23. The molecule has 0 aliphatic heterocycles. The zero-order valence-corrected chi connectivity index (χ0v) is 10.3. The summed E-state index contributed by atoms with van der Waals surface area (Å²) in [7, 11) is 0. The van der Waals surface area contributed by atoms with Gasteiger partial charge >= 0.3 is 5.97 Å². The summed E-state index contributed by atoms with van der Waals surface area (Å²) >= 11 is 0. The van der Waals surface area contributed by atoms with Crippen molar-refractivity contribution in [1.29, 1.82) is 0 Å². The third-order valence-electron chi connectivity index (χ3n) is 2.95. The van der Waals surface area contributed by atoms with Crippen LogP contribution >= 0.6 is 0 Å². The standard InChI is InChI=1S/C14H12N2O3/c1-2-19-14(18)12-6-10-9-5-8(17)3-4-11(9)16-13(10)7-15-12/h3-7,16-17H,2H2,1H3. The van der Waals surface area contributed by atoms with Crippen LogP contribution in [-0.4, -0.2) is 27.7 Å². The molecule has 0 saturated heterocycles. The van der Waals surface area contributed by atoms with E-state index in [0.717, 1.165) is 21.8 Å². The van der Waals surface area contributed by atoms with E-state index in [0.29, 0.717) is 6.61 Å². The minimum atomic E-state index is -0.445. The lowest BCUT2D eigenvalue weighted by molar-refractivity contribution is 0.0520. The number of fused-ring (bicyclic) bond motifs is 3. The second-order valence-corrected chi connectivity index (χ2v) is 4.19. The number of nitrogens with zero attached hydrogens (tertiary/aromatic N) is 1. The SMILES string of the molecule is CCOC(=O)c1cc2c(cn1)[nH]c1ccc(O)cc12. The fourth-order valence-corrected chi connectivity index (χ4v) is 2.10. The number of aromatic amines is 1. The number of phenolic OH excluding ortho intramolecular Hbond substituents is 1. The van der Waals surface area contributed by atoms with E-state index in [1.54, 1.807) is 37.4 Å². The number of aromatic nitrogens is 2.